The number of halogens is 3. The van der Waals surface area contributed by atoms with Crippen LogP contribution in [0.25, 0.3) is 0 Å². The highest BCUT2D eigenvalue weighted by atomic mass is 19.4. The number of hydrogen-bond acceptors (Lipinski definition) is 5. The van der Waals surface area contributed by atoms with Crippen molar-refractivity contribution in [2.45, 2.75) is 37.1 Å². The van der Waals surface area contributed by atoms with Gasteiger partial charge in [-0.1, -0.05) is 18.2 Å². The Kier molecular flexibility index (Phi) is 6.78. The van der Waals surface area contributed by atoms with Crippen molar-refractivity contribution in [1.29, 1.82) is 0 Å². The summed E-state index contributed by atoms with van der Waals surface area (Å²) in [6, 6.07) is 12.7. The van der Waals surface area contributed by atoms with E-state index in [1.807, 2.05) is 19.0 Å². The molecular weight excluding hydrogens is 439 g/mol. The Bertz CT molecular complexity index is 968. The van der Waals surface area contributed by atoms with Gasteiger partial charge in [-0.05, 0) is 30.3 Å². The van der Waals surface area contributed by atoms with Crippen LogP contribution in [0.15, 0.2) is 48.5 Å². The molecular formula is C23H27F3N3O4+. The van der Waals surface area contributed by atoms with Crippen molar-refractivity contribution < 1.29 is 37.5 Å². The Morgan fingerprint density at radius 2 is 1.85 bits per heavy atom. The van der Waals surface area contributed by atoms with Gasteiger partial charge in [0.25, 0.3) is 0 Å². The summed E-state index contributed by atoms with van der Waals surface area (Å²) < 4.78 is 55.6. The number of carbonyl (C=O) groups is 1. The molecule has 0 radical (unpaired) electrons. The van der Waals surface area contributed by atoms with Crippen LogP contribution in [0.2, 0.25) is 0 Å². The van der Waals surface area contributed by atoms with E-state index >= 15 is 0 Å². The highest BCUT2D eigenvalue weighted by molar-refractivity contribution is 5.84. The molecule has 7 nitrogen and oxygen atoms in total. The van der Waals surface area contributed by atoms with Crippen molar-refractivity contribution in [1.82, 2.24) is 0 Å². The molecule has 3 N–H and O–H groups in total. The number of nitrogens with two attached hydrogens (primary N) is 1. The van der Waals surface area contributed by atoms with Crippen LogP contribution in [0.4, 0.5) is 29.3 Å². The third-order valence-corrected chi connectivity index (χ3v) is 5.85. The predicted molar refractivity (Wildman–Crippen MR) is 115 cm³/mol. The molecule has 2 fully saturated rings. The fraction of sp³-hybridized carbons (Fsp3) is 0.435. The minimum atomic E-state index is -4.49. The molecule has 4 atom stereocenters. The number of rotatable bonds is 6. The van der Waals surface area contributed by atoms with Crippen molar-refractivity contribution in [3.8, 4) is 0 Å². The average molecular weight is 466 g/mol. The summed E-state index contributed by atoms with van der Waals surface area (Å²) in [7, 11) is 3.99. The van der Waals surface area contributed by atoms with E-state index in [4.69, 9.17) is 14.2 Å². The molecule has 0 saturated carbocycles. The largest absolute Gasteiger partial charge is 0.441 e. The second-order valence-corrected chi connectivity index (χ2v) is 8.41. The summed E-state index contributed by atoms with van der Waals surface area (Å²) in [6.45, 7) is 1.39. The molecule has 2 aliphatic heterocycles. The molecule has 0 unspecified atom stereocenters. The van der Waals surface area contributed by atoms with Gasteiger partial charge in [-0.15, -0.1) is 0 Å². The van der Waals surface area contributed by atoms with Gasteiger partial charge >= 0.3 is 12.3 Å². The Hall–Kier alpha value is -2.82. The minimum absolute atomic E-state index is 0.00382. The number of fused-ring (bicyclic) bond motifs is 1. The van der Waals surface area contributed by atoms with E-state index in [9.17, 15) is 18.0 Å². The molecule has 0 aliphatic carbocycles. The van der Waals surface area contributed by atoms with Crippen molar-refractivity contribution in [2.24, 2.45) is 0 Å². The first-order chi connectivity index (χ1) is 15.7. The first-order valence-corrected chi connectivity index (χ1v) is 10.7. The monoisotopic (exact) mass is 466 g/mol. The van der Waals surface area contributed by atoms with Gasteiger partial charge in [-0.3, -0.25) is 5.32 Å². The summed E-state index contributed by atoms with van der Waals surface area (Å²) in [4.78, 5) is 14.3. The fourth-order valence-electron chi connectivity index (χ4n) is 4.07. The van der Waals surface area contributed by atoms with E-state index in [0.29, 0.717) is 6.61 Å². The second-order valence-electron chi connectivity index (χ2n) is 8.41. The van der Waals surface area contributed by atoms with E-state index in [1.54, 1.807) is 0 Å². The maximum absolute atomic E-state index is 12.9. The van der Waals surface area contributed by atoms with Gasteiger partial charge < -0.3 is 24.4 Å². The van der Waals surface area contributed by atoms with Crippen molar-refractivity contribution in [2.75, 3.05) is 37.5 Å². The normalized spacial score (nSPS) is 24.4. The third kappa shape index (κ3) is 5.58. The Morgan fingerprint density at radius 1 is 1.12 bits per heavy atom. The van der Waals surface area contributed by atoms with Gasteiger partial charge in [0.2, 0.25) is 0 Å². The molecule has 0 bridgehead atoms. The van der Waals surface area contributed by atoms with Gasteiger partial charge in [0, 0.05) is 31.0 Å². The molecule has 0 spiro atoms. The zero-order valence-electron chi connectivity index (χ0n) is 18.3. The zero-order valence-corrected chi connectivity index (χ0v) is 18.3. The molecule has 2 aromatic rings. The van der Waals surface area contributed by atoms with Crippen molar-refractivity contribution in [3.05, 3.63) is 59.7 Å². The molecule has 4 rings (SSSR count). The van der Waals surface area contributed by atoms with E-state index in [2.05, 4.69) is 34.9 Å². The van der Waals surface area contributed by atoms with Crippen LogP contribution in [0.5, 0.6) is 0 Å². The first kappa shape index (κ1) is 23.3. The van der Waals surface area contributed by atoms with E-state index < -0.39 is 30.0 Å². The number of anilines is 2. The molecule has 10 heteroatoms. The maximum Gasteiger partial charge on any atom is 0.416 e. The summed E-state index contributed by atoms with van der Waals surface area (Å²) in [5, 5.41) is 4.50. The van der Waals surface area contributed by atoms with Crippen LogP contribution in [0, 0.1) is 0 Å². The van der Waals surface area contributed by atoms with E-state index in [1.165, 1.54) is 17.7 Å². The number of nitrogens with zero attached hydrogens (tertiary/aromatic N) is 1. The molecule has 0 aromatic heterocycles. The Morgan fingerprint density at radius 3 is 2.55 bits per heavy atom. The van der Waals surface area contributed by atoms with Gasteiger partial charge in [-0.25, -0.2) is 4.79 Å². The Labute approximate surface area is 189 Å². The van der Waals surface area contributed by atoms with Gasteiger partial charge in [0.1, 0.15) is 31.4 Å². The quantitative estimate of drug-likeness (QED) is 0.685. The number of ether oxygens (including phenoxy) is 3. The SMILES string of the molecule is CN(C)c1ccc(C[NH2+][C@H]2CO[C@H]3[C@@H]2OC[C@H]3OC(=O)Nc2cccc(C(F)(F)F)c2)cc1. The topological polar surface area (TPSA) is 76.6 Å². The lowest BCUT2D eigenvalue weighted by Gasteiger charge is -2.17. The summed E-state index contributed by atoms with van der Waals surface area (Å²) >= 11 is 0. The zero-order chi connectivity index (χ0) is 23.6. The summed E-state index contributed by atoms with van der Waals surface area (Å²) in [5.41, 5.74) is 1.46. The van der Waals surface area contributed by atoms with Crippen LogP contribution >= 0.6 is 0 Å². The number of alkyl halides is 3. The molecule has 2 heterocycles. The van der Waals surface area contributed by atoms with E-state index in [-0.39, 0.29) is 24.4 Å². The third-order valence-electron chi connectivity index (χ3n) is 5.85. The van der Waals surface area contributed by atoms with Crippen LogP contribution in [-0.2, 0) is 26.9 Å². The smallest absolute Gasteiger partial charge is 0.416 e. The highest BCUT2D eigenvalue weighted by Crippen LogP contribution is 2.31. The molecule has 1 amide bonds. The number of benzene rings is 2. The maximum atomic E-state index is 12.9. The molecule has 33 heavy (non-hydrogen) atoms. The molecule has 2 aromatic carbocycles. The van der Waals surface area contributed by atoms with E-state index in [0.717, 1.165) is 24.4 Å². The van der Waals surface area contributed by atoms with Crippen LogP contribution in [0.1, 0.15) is 11.1 Å². The minimum Gasteiger partial charge on any atom is -0.441 e. The number of amides is 1. The van der Waals surface area contributed by atoms with Crippen molar-refractivity contribution >= 4 is 17.5 Å². The summed E-state index contributed by atoms with van der Waals surface area (Å²) in [5.74, 6) is 0. The lowest BCUT2D eigenvalue weighted by Crippen LogP contribution is -2.91. The lowest BCUT2D eigenvalue weighted by atomic mass is 10.1. The number of quaternary nitrogens is 1. The van der Waals surface area contributed by atoms with Gasteiger partial charge in [-0.2, -0.15) is 13.2 Å². The molecule has 2 aliphatic rings. The van der Waals surface area contributed by atoms with Gasteiger partial charge in [0.15, 0.2) is 6.10 Å². The lowest BCUT2D eigenvalue weighted by molar-refractivity contribution is -0.707. The van der Waals surface area contributed by atoms with Crippen LogP contribution < -0.4 is 15.5 Å². The second kappa shape index (κ2) is 9.58. The molecule has 2 saturated heterocycles. The molecule has 178 valence electrons. The van der Waals surface area contributed by atoms with Crippen molar-refractivity contribution in [3.63, 3.8) is 0 Å². The fourth-order valence-corrected chi connectivity index (χ4v) is 4.07. The number of hydrogen-bond donors (Lipinski definition) is 2. The van der Waals surface area contributed by atoms with Crippen LogP contribution in [-0.4, -0.2) is 57.8 Å². The average Bonchev–Trinajstić information content (AvgIpc) is 3.35. The van der Waals surface area contributed by atoms with Gasteiger partial charge in [0.05, 0.1) is 12.2 Å². The Balaban J connectivity index is 1.28. The first-order valence-electron chi connectivity index (χ1n) is 10.7. The predicted octanol–water partition coefficient (Wildman–Crippen LogP) is 2.62. The standard InChI is InChI=1S/C23H26F3N3O4/c1-29(2)17-8-6-14(7-9-17)11-27-18-12-31-21-19(13-32-20(18)21)33-22(30)28-16-5-3-4-15(10-16)23(24,25)26/h3-10,18-21,27H,11-13H2,1-2H3,(H,28,30)/p+1/t18-,19+,20+,21+/m0/s1. The van der Waals surface area contributed by atoms with Crippen LogP contribution in [0.3, 0.4) is 0 Å². The number of carbonyl (C=O) groups excluding carboxylic acids is 1. The highest BCUT2D eigenvalue weighted by Gasteiger charge is 2.51. The number of nitrogens with one attached hydrogen (secondary N) is 1. The summed E-state index contributed by atoms with van der Waals surface area (Å²) in [6.07, 6.45) is -6.60.